The maximum Gasteiger partial charge on any atom is 0.137 e. The minimum Gasteiger partial charge on any atom is -0.310 e. The molecule has 0 fully saturated rings. The average Bonchev–Trinajstić information content (AvgIpc) is 2.42. The van der Waals surface area contributed by atoms with Gasteiger partial charge in [0.1, 0.15) is 16.7 Å². The lowest BCUT2D eigenvalue weighted by Gasteiger charge is -2.11. The van der Waals surface area contributed by atoms with E-state index >= 15 is 0 Å². The van der Waals surface area contributed by atoms with E-state index in [9.17, 15) is 8.78 Å². The summed E-state index contributed by atoms with van der Waals surface area (Å²) in [6.07, 6.45) is 1.65. The van der Waals surface area contributed by atoms with Gasteiger partial charge < -0.3 is 5.32 Å². The third-order valence-electron chi connectivity index (χ3n) is 2.65. The largest absolute Gasteiger partial charge is 0.310 e. The summed E-state index contributed by atoms with van der Waals surface area (Å²) in [4.78, 5) is 4.50. The lowest BCUT2D eigenvalue weighted by molar-refractivity contribution is 0.575. The first-order valence-electron chi connectivity index (χ1n) is 6.36. The van der Waals surface area contributed by atoms with Crippen molar-refractivity contribution in [3.63, 3.8) is 0 Å². The maximum atomic E-state index is 13.7. The van der Waals surface area contributed by atoms with E-state index in [1.54, 1.807) is 6.20 Å². The molecule has 0 amide bonds. The minimum atomic E-state index is -0.452. The summed E-state index contributed by atoms with van der Waals surface area (Å²) in [6.45, 7) is 4.75. The number of benzene rings is 1. The highest BCUT2D eigenvalue weighted by Gasteiger charge is 2.10. The van der Waals surface area contributed by atoms with Gasteiger partial charge >= 0.3 is 0 Å². The SMILES string of the molecule is CC(C)NCc1cccnc1Sc1cc(F)ccc1F. The Morgan fingerprint density at radius 1 is 1.25 bits per heavy atom. The molecule has 0 saturated heterocycles. The molecule has 5 heteroatoms. The fraction of sp³-hybridized carbons (Fsp3) is 0.267. The van der Waals surface area contributed by atoms with Crippen LogP contribution in [-0.4, -0.2) is 11.0 Å². The summed E-state index contributed by atoms with van der Waals surface area (Å²) in [5.74, 6) is -0.892. The Labute approximate surface area is 121 Å². The lowest BCUT2D eigenvalue weighted by atomic mass is 10.2. The molecular formula is C15H16F2N2S. The maximum absolute atomic E-state index is 13.7. The van der Waals surface area contributed by atoms with Gasteiger partial charge in [-0.15, -0.1) is 0 Å². The normalized spacial score (nSPS) is 11.1. The minimum absolute atomic E-state index is 0.245. The second kappa shape index (κ2) is 6.81. The second-order valence-electron chi connectivity index (χ2n) is 4.68. The lowest BCUT2D eigenvalue weighted by Crippen LogP contribution is -2.22. The van der Waals surface area contributed by atoms with Gasteiger partial charge in [-0.25, -0.2) is 13.8 Å². The Morgan fingerprint density at radius 3 is 2.80 bits per heavy atom. The van der Waals surface area contributed by atoms with Crippen LogP contribution < -0.4 is 5.32 Å². The first-order valence-corrected chi connectivity index (χ1v) is 7.18. The van der Waals surface area contributed by atoms with Gasteiger partial charge in [-0.1, -0.05) is 31.7 Å². The van der Waals surface area contributed by atoms with Crippen molar-refractivity contribution in [3.8, 4) is 0 Å². The molecule has 0 aliphatic rings. The summed E-state index contributed by atoms with van der Waals surface area (Å²) in [5.41, 5.74) is 0.967. The van der Waals surface area contributed by atoms with Crippen LogP contribution in [0.15, 0.2) is 46.5 Å². The Kier molecular flexibility index (Phi) is 5.09. The van der Waals surface area contributed by atoms with Gasteiger partial charge in [0.15, 0.2) is 0 Å². The molecule has 1 aromatic heterocycles. The number of aromatic nitrogens is 1. The molecule has 2 nitrogen and oxygen atoms in total. The van der Waals surface area contributed by atoms with Crippen LogP contribution >= 0.6 is 11.8 Å². The van der Waals surface area contributed by atoms with Crippen molar-refractivity contribution in [2.75, 3.05) is 0 Å². The van der Waals surface area contributed by atoms with Crippen LogP contribution in [0.3, 0.4) is 0 Å². The fourth-order valence-electron chi connectivity index (χ4n) is 1.62. The standard InChI is InChI=1S/C15H16F2N2S/c1-10(2)19-9-11-4-3-7-18-15(11)20-14-8-12(16)5-6-13(14)17/h3-8,10,19H,9H2,1-2H3. The van der Waals surface area contributed by atoms with Crippen molar-refractivity contribution in [3.05, 3.63) is 53.7 Å². The molecular weight excluding hydrogens is 278 g/mol. The van der Waals surface area contributed by atoms with E-state index < -0.39 is 11.6 Å². The predicted molar refractivity (Wildman–Crippen MR) is 76.7 cm³/mol. The third kappa shape index (κ3) is 4.02. The average molecular weight is 294 g/mol. The predicted octanol–water partition coefficient (Wildman–Crippen LogP) is 4.01. The molecule has 2 rings (SSSR count). The zero-order chi connectivity index (χ0) is 14.5. The monoisotopic (exact) mass is 294 g/mol. The van der Waals surface area contributed by atoms with E-state index in [0.29, 0.717) is 17.6 Å². The molecule has 1 N–H and O–H groups in total. The zero-order valence-corrected chi connectivity index (χ0v) is 12.2. The molecule has 0 bridgehead atoms. The number of hydrogen-bond acceptors (Lipinski definition) is 3. The Bertz CT molecular complexity index is 588. The number of nitrogens with one attached hydrogen (secondary N) is 1. The number of rotatable bonds is 5. The molecule has 0 aliphatic carbocycles. The molecule has 0 spiro atoms. The van der Waals surface area contributed by atoms with E-state index in [0.717, 1.165) is 29.5 Å². The topological polar surface area (TPSA) is 24.9 Å². The molecule has 0 saturated carbocycles. The number of nitrogens with zero attached hydrogens (tertiary/aromatic N) is 1. The molecule has 0 atom stereocenters. The van der Waals surface area contributed by atoms with Crippen LogP contribution in [0.4, 0.5) is 8.78 Å². The van der Waals surface area contributed by atoms with E-state index in [-0.39, 0.29) is 4.90 Å². The molecule has 0 aliphatic heterocycles. The van der Waals surface area contributed by atoms with Gasteiger partial charge in [0, 0.05) is 18.8 Å². The Morgan fingerprint density at radius 2 is 2.05 bits per heavy atom. The molecule has 20 heavy (non-hydrogen) atoms. The molecule has 0 radical (unpaired) electrons. The van der Waals surface area contributed by atoms with Crippen LogP contribution in [0.25, 0.3) is 0 Å². The van der Waals surface area contributed by atoms with Crippen LogP contribution in [0.2, 0.25) is 0 Å². The summed E-state index contributed by atoms with van der Waals surface area (Å²) < 4.78 is 26.9. The molecule has 0 unspecified atom stereocenters. The van der Waals surface area contributed by atoms with Crippen molar-refractivity contribution in [2.45, 2.75) is 36.4 Å². The van der Waals surface area contributed by atoms with Gasteiger partial charge in [0.25, 0.3) is 0 Å². The van der Waals surface area contributed by atoms with Gasteiger partial charge in [0.05, 0.1) is 4.90 Å². The molecule has 106 valence electrons. The van der Waals surface area contributed by atoms with Crippen LogP contribution in [0.5, 0.6) is 0 Å². The van der Waals surface area contributed by atoms with E-state index in [4.69, 9.17) is 0 Å². The van der Waals surface area contributed by atoms with Crippen molar-refractivity contribution in [1.82, 2.24) is 10.3 Å². The van der Waals surface area contributed by atoms with Crippen molar-refractivity contribution < 1.29 is 8.78 Å². The molecule has 1 heterocycles. The Hall–Kier alpha value is -1.46. The van der Waals surface area contributed by atoms with Gasteiger partial charge in [-0.3, -0.25) is 0 Å². The van der Waals surface area contributed by atoms with E-state index in [2.05, 4.69) is 24.1 Å². The number of pyridine rings is 1. The first kappa shape index (κ1) is 14.9. The van der Waals surface area contributed by atoms with Crippen LogP contribution in [0.1, 0.15) is 19.4 Å². The van der Waals surface area contributed by atoms with Crippen LogP contribution in [0, 0.1) is 11.6 Å². The highest BCUT2D eigenvalue weighted by Crippen LogP contribution is 2.31. The second-order valence-corrected chi connectivity index (χ2v) is 5.71. The summed E-state index contributed by atoms with van der Waals surface area (Å²) in [7, 11) is 0. The van der Waals surface area contributed by atoms with Crippen molar-refractivity contribution >= 4 is 11.8 Å². The number of halogens is 2. The summed E-state index contributed by atoms with van der Waals surface area (Å²) in [6, 6.07) is 7.55. The quantitative estimate of drug-likeness (QED) is 0.902. The molecule has 2 aromatic rings. The first-order chi connectivity index (χ1) is 9.56. The van der Waals surface area contributed by atoms with E-state index in [1.807, 2.05) is 12.1 Å². The highest BCUT2D eigenvalue weighted by atomic mass is 32.2. The van der Waals surface area contributed by atoms with Crippen molar-refractivity contribution in [2.24, 2.45) is 0 Å². The summed E-state index contributed by atoms with van der Waals surface area (Å²) in [5, 5.41) is 3.98. The van der Waals surface area contributed by atoms with Crippen molar-refractivity contribution in [1.29, 1.82) is 0 Å². The smallest absolute Gasteiger partial charge is 0.137 e. The van der Waals surface area contributed by atoms with Crippen LogP contribution in [-0.2, 0) is 6.54 Å². The van der Waals surface area contributed by atoms with Gasteiger partial charge in [-0.2, -0.15) is 0 Å². The zero-order valence-electron chi connectivity index (χ0n) is 11.4. The van der Waals surface area contributed by atoms with Gasteiger partial charge in [0.2, 0.25) is 0 Å². The summed E-state index contributed by atoms with van der Waals surface area (Å²) >= 11 is 1.14. The third-order valence-corrected chi connectivity index (χ3v) is 3.74. The fourth-order valence-corrected chi connectivity index (χ4v) is 2.55. The number of hydrogen-bond donors (Lipinski definition) is 1. The highest BCUT2D eigenvalue weighted by molar-refractivity contribution is 7.99. The molecule has 1 aromatic carbocycles. The van der Waals surface area contributed by atoms with Gasteiger partial charge in [-0.05, 0) is 29.8 Å². The van der Waals surface area contributed by atoms with E-state index in [1.165, 1.54) is 6.07 Å². The Balaban J connectivity index is 2.22.